The van der Waals surface area contributed by atoms with Gasteiger partial charge < -0.3 is 15.5 Å². The van der Waals surface area contributed by atoms with Crippen LogP contribution in [0.2, 0.25) is 0 Å². The first-order valence-corrected chi connectivity index (χ1v) is 7.49. The molecular formula is C10H15NO7S. The first-order valence-electron chi connectivity index (χ1n) is 5.66. The van der Waals surface area contributed by atoms with Crippen molar-refractivity contribution >= 4 is 27.7 Å². The second-order valence-corrected chi connectivity index (χ2v) is 6.66. The van der Waals surface area contributed by atoms with Gasteiger partial charge in [0, 0.05) is 6.42 Å². The lowest BCUT2D eigenvalue weighted by Crippen LogP contribution is -2.44. The summed E-state index contributed by atoms with van der Waals surface area (Å²) >= 11 is 0. The smallest absolute Gasteiger partial charge is 0.326 e. The van der Waals surface area contributed by atoms with Crippen molar-refractivity contribution in [2.24, 2.45) is 5.92 Å². The zero-order valence-electron chi connectivity index (χ0n) is 10.0. The lowest BCUT2D eigenvalue weighted by molar-refractivity contribution is -0.143. The molecule has 1 aliphatic rings. The molecule has 2 unspecified atom stereocenters. The van der Waals surface area contributed by atoms with Crippen molar-refractivity contribution < 1.29 is 33.0 Å². The molecular weight excluding hydrogens is 278 g/mol. The van der Waals surface area contributed by atoms with Gasteiger partial charge in [0.15, 0.2) is 9.84 Å². The maximum Gasteiger partial charge on any atom is 0.326 e. The van der Waals surface area contributed by atoms with Gasteiger partial charge in [0.05, 0.1) is 17.4 Å². The molecule has 1 rings (SSSR count). The first-order chi connectivity index (χ1) is 8.71. The van der Waals surface area contributed by atoms with E-state index in [9.17, 15) is 22.8 Å². The van der Waals surface area contributed by atoms with Crippen molar-refractivity contribution in [3.63, 3.8) is 0 Å². The zero-order chi connectivity index (χ0) is 14.6. The molecule has 9 heteroatoms. The van der Waals surface area contributed by atoms with Gasteiger partial charge in [-0.2, -0.15) is 0 Å². The van der Waals surface area contributed by atoms with E-state index in [1.54, 1.807) is 0 Å². The summed E-state index contributed by atoms with van der Waals surface area (Å²) in [5.41, 5.74) is 0. The second kappa shape index (κ2) is 6.00. The van der Waals surface area contributed by atoms with Crippen LogP contribution in [-0.2, 0) is 24.2 Å². The Bertz CT molecular complexity index is 484. The van der Waals surface area contributed by atoms with Crippen molar-refractivity contribution in [2.75, 3.05) is 11.5 Å². The summed E-state index contributed by atoms with van der Waals surface area (Å²) in [6, 6.07) is -1.31. The Hall–Kier alpha value is -1.64. The van der Waals surface area contributed by atoms with E-state index in [-0.39, 0.29) is 30.8 Å². The van der Waals surface area contributed by atoms with Gasteiger partial charge >= 0.3 is 11.9 Å². The van der Waals surface area contributed by atoms with Gasteiger partial charge in [-0.3, -0.25) is 9.59 Å². The largest absolute Gasteiger partial charge is 0.481 e. The van der Waals surface area contributed by atoms with Crippen LogP contribution in [0, 0.1) is 5.92 Å². The molecule has 1 aliphatic heterocycles. The van der Waals surface area contributed by atoms with E-state index >= 15 is 0 Å². The molecule has 1 amide bonds. The number of carboxylic acids is 2. The Kier molecular flexibility index (Phi) is 4.87. The monoisotopic (exact) mass is 293 g/mol. The number of nitrogens with one attached hydrogen (secondary N) is 1. The third kappa shape index (κ3) is 4.86. The van der Waals surface area contributed by atoms with Crippen LogP contribution in [0.4, 0.5) is 0 Å². The number of aliphatic carboxylic acids is 2. The van der Waals surface area contributed by atoms with Gasteiger partial charge in [-0.25, -0.2) is 13.2 Å². The van der Waals surface area contributed by atoms with Gasteiger partial charge in [0.1, 0.15) is 6.04 Å². The number of carbonyl (C=O) groups excluding carboxylic acids is 1. The highest BCUT2D eigenvalue weighted by Crippen LogP contribution is 2.18. The minimum absolute atomic E-state index is 0.0854. The van der Waals surface area contributed by atoms with Crippen LogP contribution in [0.15, 0.2) is 0 Å². The van der Waals surface area contributed by atoms with Crippen LogP contribution in [0.5, 0.6) is 0 Å². The van der Waals surface area contributed by atoms with E-state index < -0.39 is 39.6 Å². The summed E-state index contributed by atoms with van der Waals surface area (Å²) in [6.07, 6.45) is -0.463. The van der Waals surface area contributed by atoms with Crippen LogP contribution in [0.3, 0.4) is 0 Å². The maximum absolute atomic E-state index is 11.7. The van der Waals surface area contributed by atoms with Crippen LogP contribution in [-0.4, -0.2) is 54.0 Å². The lowest BCUT2D eigenvalue weighted by atomic mass is 10.1. The fraction of sp³-hybridized carbons (Fsp3) is 0.700. The van der Waals surface area contributed by atoms with Gasteiger partial charge in [-0.15, -0.1) is 0 Å². The number of sulfone groups is 1. The molecule has 0 aliphatic carbocycles. The number of amides is 1. The fourth-order valence-electron chi connectivity index (χ4n) is 1.82. The van der Waals surface area contributed by atoms with E-state index in [1.165, 1.54) is 0 Å². The molecule has 0 spiro atoms. The summed E-state index contributed by atoms with van der Waals surface area (Å²) in [4.78, 5) is 32.9. The van der Waals surface area contributed by atoms with E-state index in [0.29, 0.717) is 0 Å². The summed E-state index contributed by atoms with van der Waals surface area (Å²) < 4.78 is 22.4. The quantitative estimate of drug-likeness (QED) is 0.562. The fourth-order valence-corrected chi connectivity index (χ4v) is 3.56. The topological polar surface area (TPSA) is 138 Å². The van der Waals surface area contributed by atoms with E-state index in [0.717, 1.165) is 0 Å². The highest BCUT2D eigenvalue weighted by atomic mass is 32.2. The van der Waals surface area contributed by atoms with Crippen molar-refractivity contribution in [1.82, 2.24) is 5.32 Å². The first kappa shape index (κ1) is 15.4. The molecule has 0 bridgehead atoms. The van der Waals surface area contributed by atoms with Crippen molar-refractivity contribution in [3.8, 4) is 0 Å². The average Bonchev–Trinajstić information content (AvgIpc) is 2.64. The molecule has 0 saturated carbocycles. The SMILES string of the molecule is O=C(O)CCC(NC(=O)C1CCS(=O)(=O)C1)C(=O)O. The minimum atomic E-state index is -3.22. The third-order valence-electron chi connectivity index (χ3n) is 2.86. The van der Waals surface area contributed by atoms with Gasteiger partial charge in [-0.05, 0) is 12.8 Å². The molecule has 1 heterocycles. The molecule has 19 heavy (non-hydrogen) atoms. The normalized spacial score (nSPS) is 22.6. The van der Waals surface area contributed by atoms with E-state index in [1.807, 2.05) is 0 Å². The summed E-state index contributed by atoms with van der Waals surface area (Å²) in [5.74, 6) is -4.28. The van der Waals surface area contributed by atoms with Crippen LogP contribution in [0.25, 0.3) is 0 Å². The van der Waals surface area contributed by atoms with Crippen LogP contribution in [0.1, 0.15) is 19.3 Å². The predicted octanol–water partition coefficient (Wildman–Crippen LogP) is -1.14. The number of carboxylic acid groups (broad SMARTS) is 2. The predicted molar refractivity (Wildman–Crippen MR) is 63.2 cm³/mol. The summed E-state index contributed by atoms with van der Waals surface area (Å²) in [5, 5.41) is 19.5. The Labute approximate surface area is 109 Å². The van der Waals surface area contributed by atoms with Crippen molar-refractivity contribution in [3.05, 3.63) is 0 Å². The minimum Gasteiger partial charge on any atom is -0.481 e. The third-order valence-corrected chi connectivity index (χ3v) is 4.63. The molecule has 0 aromatic carbocycles. The molecule has 3 N–H and O–H groups in total. The Morgan fingerprint density at radius 3 is 2.32 bits per heavy atom. The van der Waals surface area contributed by atoms with Crippen LogP contribution < -0.4 is 5.32 Å². The number of hydrogen-bond donors (Lipinski definition) is 3. The molecule has 1 fully saturated rings. The Morgan fingerprint density at radius 1 is 1.26 bits per heavy atom. The molecule has 0 radical (unpaired) electrons. The highest BCUT2D eigenvalue weighted by molar-refractivity contribution is 7.91. The number of hydrogen-bond acceptors (Lipinski definition) is 5. The molecule has 2 atom stereocenters. The summed E-state index contributed by atoms with van der Waals surface area (Å²) in [6.45, 7) is 0. The Morgan fingerprint density at radius 2 is 1.89 bits per heavy atom. The molecule has 0 aromatic heterocycles. The summed E-state index contributed by atoms with van der Waals surface area (Å²) in [7, 11) is -3.22. The number of carbonyl (C=O) groups is 3. The van der Waals surface area contributed by atoms with Gasteiger partial charge in [-0.1, -0.05) is 0 Å². The highest BCUT2D eigenvalue weighted by Gasteiger charge is 2.34. The maximum atomic E-state index is 11.7. The van der Waals surface area contributed by atoms with Crippen molar-refractivity contribution in [2.45, 2.75) is 25.3 Å². The molecule has 0 aromatic rings. The molecule has 1 saturated heterocycles. The van der Waals surface area contributed by atoms with Gasteiger partial charge in [0.25, 0.3) is 0 Å². The standard InChI is InChI=1S/C10H15NO7S/c12-8(13)2-1-7(10(15)16)11-9(14)6-3-4-19(17,18)5-6/h6-7H,1-5H2,(H,11,14)(H,12,13)(H,15,16). The average molecular weight is 293 g/mol. The number of rotatable bonds is 6. The van der Waals surface area contributed by atoms with Crippen LogP contribution >= 0.6 is 0 Å². The zero-order valence-corrected chi connectivity index (χ0v) is 10.9. The van der Waals surface area contributed by atoms with E-state index in [4.69, 9.17) is 10.2 Å². The van der Waals surface area contributed by atoms with Crippen molar-refractivity contribution in [1.29, 1.82) is 0 Å². The Balaban J connectivity index is 2.57. The second-order valence-electron chi connectivity index (χ2n) is 4.43. The van der Waals surface area contributed by atoms with E-state index in [2.05, 4.69) is 5.32 Å². The van der Waals surface area contributed by atoms with Gasteiger partial charge in [0.2, 0.25) is 5.91 Å². The molecule has 8 nitrogen and oxygen atoms in total. The lowest BCUT2D eigenvalue weighted by Gasteiger charge is -2.15. The molecule has 108 valence electrons.